The lowest BCUT2D eigenvalue weighted by molar-refractivity contribution is -0.123. The summed E-state index contributed by atoms with van der Waals surface area (Å²) in [7, 11) is 0. The molecule has 2 fully saturated rings. The van der Waals surface area contributed by atoms with E-state index in [1.165, 1.54) is 19.3 Å². The Morgan fingerprint density at radius 1 is 1.47 bits per heavy atom. The molecule has 3 nitrogen and oxygen atoms in total. The molecule has 2 rings (SSSR count). The van der Waals surface area contributed by atoms with Gasteiger partial charge in [-0.15, -0.1) is 0 Å². The summed E-state index contributed by atoms with van der Waals surface area (Å²) in [5, 5.41) is 12.3. The number of aliphatic hydroxyl groups excluding tert-OH is 1. The second-order valence-electron chi connectivity index (χ2n) is 4.93. The highest BCUT2D eigenvalue weighted by Crippen LogP contribution is 2.57. The first-order valence-electron chi connectivity index (χ1n) is 6.19. The number of rotatable bonds is 5. The van der Waals surface area contributed by atoms with Gasteiger partial charge in [-0.1, -0.05) is 13.3 Å². The Balaban J connectivity index is 1.62. The molecule has 0 aliphatic heterocycles. The van der Waals surface area contributed by atoms with Crippen LogP contribution >= 0.6 is 0 Å². The Hall–Kier alpha value is -0.570. The van der Waals surface area contributed by atoms with Crippen LogP contribution in [0.15, 0.2) is 0 Å². The highest BCUT2D eigenvalue weighted by atomic mass is 16.3. The summed E-state index contributed by atoms with van der Waals surface area (Å²) in [6.07, 6.45) is 5.01. The minimum Gasteiger partial charge on any atom is -0.393 e. The van der Waals surface area contributed by atoms with Crippen LogP contribution in [0.3, 0.4) is 0 Å². The molecular formula is C12H21NO2. The maximum absolute atomic E-state index is 11.7. The van der Waals surface area contributed by atoms with Crippen LogP contribution in [-0.2, 0) is 4.79 Å². The third-order valence-electron chi connectivity index (χ3n) is 3.96. The molecule has 3 unspecified atom stereocenters. The van der Waals surface area contributed by atoms with Gasteiger partial charge in [-0.05, 0) is 37.5 Å². The lowest BCUT2D eigenvalue weighted by Gasteiger charge is -2.09. The second kappa shape index (κ2) is 4.52. The van der Waals surface area contributed by atoms with E-state index in [-0.39, 0.29) is 12.0 Å². The molecule has 3 heteroatoms. The number of hydrogen-bond acceptors (Lipinski definition) is 2. The predicted octanol–water partition coefficient (Wildman–Crippen LogP) is 1.31. The van der Waals surface area contributed by atoms with Gasteiger partial charge in [0.15, 0.2) is 0 Å². The SMILES string of the molecule is CCC(O)CCNC(=O)C1C2CCCC21. The van der Waals surface area contributed by atoms with E-state index >= 15 is 0 Å². The number of aliphatic hydroxyl groups is 1. The monoisotopic (exact) mass is 211 g/mol. The zero-order chi connectivity index (χ0) is 10.8. The molecule has 2 saturated carbocycles. The molecule has 0 spiro atoms. The molecule has 0 heterocycles. The van der Waals surface area contributed by atoms with E-state index in [4.69, 9.17) is 0 Å². The second-order valence-corrected chi connectivity index (χ2v) is 4.93. The van der Waals surface area contributed by atoms with Crippen molar-refractivity contribution >= 4 is 5.91 Å². The third-order valence-corrected chi connectivity index (χ3v) is 3.96. The molecule has 0 saturated heterocycles. The van der Waals surface area contributed by atoms with E-state index in [1.54, 1.807) is 0 Å². The first kappa shape index (κ1) is 10.9. The zero-order valence-electron chi connectivity index (χ0n) is 9.41. The van der Waals surface area contributed by atoms with Crippen molar-refractivity contribution in [3.05, 3.63) is 0 Å². The van der Waals surface area contributed by atoms with Crippen molar-refractivity contribution in [2.24, 2.45) is 17.8 Å². The molecule has 0 aromatic heterocycles. The van der Waals surface area contributed by atoms with Crippen LogP contribution in [0.5, 0.6) is 0 Å². The predicted molar refractivity (Wildman–Crippen MR) is 58.2 cm³/mol. The average Bonchev–Trinajstić information content (AvgIpc) is 2.72. The summed E-state index contributed by atoms with van der Waals surface area (Å²) in [6, 6.07) is 0. The van der Waals surface area contributed by atoms with Gasteiger partial charge in [0.2, 0.25) is 5.91 Å². The number of hydrogen-bond donors (Lipinski definition) is 2. The Labute approximate surface area is 91.2 Å². The van der Waals surface area contributed by atoms with Crippen LogP contribution in [0.4, 0.5) is 0 Å². The van der Waals surface area contributed by atoms with Crippen molar-refractivity contribution in [2.45, 2.75) is 45.1 Å². The van der Waals surface area contributed by atoms with Crippen LogP contribution in [0.25, 0.3) is 0 Å². The lowest BCUT2D eigenvalue weighted by Crippen LogP contribution is -2.29. The van der Waals surface area contributed by atoms with E-state index in [9.17, 15) is 9.90 Å². The van der Waals surface area contributed by atoms with Gasteiger partial charge in [-0.25, -0.2) is 0 Å². The molecule has 0 radical (unpaired) electrons. The third kappa shape index (κ3) is 2.33. The zero-order valence-corrected chi connectivity index (χ0v) is 9.41. The fourth-order valence-electron chi connectivity index (χ4n) is 2.89. The maximum atomic E-state index is 11.7. The molecule has 0 bridgehead atoms. The minimum absolute atomic E-state index is 0.230. The molecule has 15 heavy (non-hydrogen) atoms. The fourth-order valence-corrected chi connectivity index (χ4v) is 2.89. The van der Waals surface area contributed by atoms with Gasteiger partial charge in [0.1, 0.15) is 0 Å². The Morgan fingerprint density at radius 3 is 2.73 bits per heavy atom. The van der Waals surface area contributed by atoms with Crippen molar-refractivity contribution in [3.63, 3.8) is 0 Å². The number of fused-ring (bicyclic) bond motifs is 1. The van der Waals surface area contributed by atoms with Gasteiger partial charge in [0.25, 0.3) is 0 Å². The summed E-state index contributed by atoms with van der Waals surface area (Å²) < 4.78 is 0. The molecule has 2 aliphatic carbocycles. The number of nitrogens with one attached hydrogen (secondary N) is 1. The summed E-state index contributed by atoms with van der Waals surface area (Å²) in [5.41, 5.74) is 0. The number of amides is 1. The average molecular weight is 211 g/mol. The van der Waals surface area contributed by atoms with Gasteiger partial charge < -0.3 is 10.4 Å². The molecule has 3 atom stereocenters. The highest BCUT2D eigenvalue weighted by molar-refractivity contribution is 5.82. The molecule has 2 aliphatic rings. The largest absolute Gasteiger partial charge is 0.393 e. The maximum Gasteiger partial charge on any atom is 0.223 e. The van der Waals surface area contributed by atoms with Crippen molar-refractivity contribution in [2.75, 3.05) is 6.54 Å². The van der Waals surface area contributed by atoms with Gasteiger partial charge in [-0.2, -0.15) is 0 Å². The normalized spacial score (nSPS) is 34.7. The topological polar surface area (TPSA) is 49.3 Å². The quantitative estimate of drug-likeness (QED) is 0.720. The lowest BCUT2D eigenvalue weighted by atomic mass is 10.1. The Morgan fingerprint density at radius 2 is 2.13 bits per heavy atom. The van der Waals surface area contributed by atoms with Crippen molar-refractivity contribution in [1.82, 2.24) is 5.32 Å². The first-order chi connectivity index (χ1) is 7.24. The van der Waals surface area contributed by atoms with Crippen LogP contribution in [0.2, 0.25) is 0 Å². The Kier molecular flexibility index (Phi) is 3.29. The van der Waals surface area contributed by atoms with Crippen molar-refractivity contribution < 1.29 is 9.90 Å². The summed E-state index contributed by atoms with van der Waals surface area (Å²) in [5.74, 6) is 1.94. The first-order valence-corrected chi connectivity index (χ1v) is 6.19. The van der Waals surface area contributed by atoms with Crippen molar-refractivity contribution in [1.29, 1.82) is 0 Å². The number of carbonyl (C=O) groups excluding carboxylic acids is 1. The molecule has 0 aromatic rings. The smallest absolute Gasteiger partial charge is 0.223 e. The van der Waals surface area contributed by atoms with Gasteiger partial charge in [-0.3, -0.25) is 4.79 Å². The highest BCUT2D eigenvalue weighted by Gasteiger charge is 2.56. The van der Waals surface area contributed by atoms with Crippen molar-refractivity contribution in [3.8, 4) is 0 Å². The van der Waals surface area contributed by atoms with E-state index in [0.717, 1.165) is 6.42 Å². The van der Waals surface area contributed by atoms with Gasteiger partial charge in [0, 0.05) is 12.5 Å². The van der Waals surface area contributed by atoms with E-state index < -0.39 is 0 Å². The number of carbonyl (C=O) groups is 1. The summed E-state index contributed by atoms with van der Waals surface area (Å²) in [6.45, 7) is 2.58. The minimum atomic E-state index is -0.260. The molecule has 2 N–H and O–H groups in total. The molecule has 1 amide bonds. The fraction of sp³-hybridized carbons (Fsp3) is 0.917. The van der Waals surface area contributed by atoms with Gasteiger partial charge in [0.05, 0.1) is 6.10 Å². The standard InChI is InChI=1S/C12H21NO2/c1-2-8(14)6-7-13-12(15)11-9-4-3-5-10(9)11/h8-11,14H,2-7H2,1H3,(H,13,15). The summed E-state index contributed by atoms with van der Waals surface area (Å²) >= 11 is 0. The van der Waals surface area contributed by atoms with E-state index in [1.807, 2.05) is 6.92 Å². The van der Waals surface area contributed by atoms with Crippen LogP contribution < -0.4 is 5.32 Å². The Bertz CT molecular complexity index is 232. The molecule has 86 valence electrons. The van der Waals surface area contributed by atoms with E-state index in [0.29, 0.717) is 30.7 Å². The van der Waals surface area contributed by atoms with E-state index in [2.05, 4.69) is 5.32 Å². The van der Waals surface area contributed by atoms with Crippen LogP contribution in [0, 0.1) is 17.8 Å². The van der Waals surface area contributed by atoms with Gasteiger partial charge >= 0.3 is 0 Å². The summed E-state index contributed by atoms with van der Waals surface area (Å²) in [4.78, 5) is 11.7. The van der Waals surface area contributed by atoms with Crippen LogP contribution in [-0.4, -0.2) is 23.7 Å². The molecular weight excluding hydrogens is 190 g/mol. The van der Waals surface area contributed by atoms with Crippen LogP contribution in [0.1, 0.15) is 39.0 Å². The molecule has 0 aromatic carbocycles.